The van der Waals surface area contributed by atoms with Gasteiger partial charge in [-0.25, -0.2) is 4.79 Å². The van der Waals surface area contributed by atoms with Crippen molar-refractivity contribution in [2.45, 2.75) is 33.7 Å². The highest BCUT2D eigenvalue weighted by Crippen LogP contribution is 2.72. The van der Waals surface area contributed by atoms with E-state index < -0.39 is 0 Å². The maximum Gasteiger partial charge on any atom is 0.323 e. The third-order valence-electron chi connectivity index (χ3n) is 5.48. The average molecular weight is 338 g/mol. The topological polar surface area (TPSA) is 74.7 Å². The number of hydrogen-bond acceptors (Lipinski definition) is 2. The summed E-state index contributed by atoms with van der Waals surface area (Å²) < 4.78 is 0.950. The van der Waals surface area contributed by atoms with Crippen LogP contribution in [0.4, 0.5) is 0 Å². The minimum atomic E-state index is -0.190. The number of aromatic nitrogens is 2. The van der Waals surface area contributed by atoms with Gasteiger partial charge in [-0.3, -0.25) is 0 Å². The van der Waals surface area contributed by atoms with Gasteiger partial charge in [0.05, 0.1) is 11.0 Å². The van der Waals surface area contributed by atoms with E-state index in [1.54, 1.807) is 0 Å². The lowest BCUT2D eigenvalue weighted by Gasteiger charge is -2.16. The zero-order valence-corrected chi connectivity index (χ0v) is 13.8. The van der Waals surface area contributed by atoms with Crippen LogP contribution in [-0.4, -0.2) is 9.97 Å². The van der Waals surface area contributed by atoms with Crippen molar-refractivity contribution in [2.24, 2.45) is 22.5 Å². The van der Waals surface area contributed by atoms with Gasteiger partial charge in [0.25, 0.3) is 0 Å². The van der Waals surface area contributed by atoms with Gasteiger partial charge in [-0.1, -0.05) is 43.6 Å². The number of nitrogens with two attached hydrogens (primary N) is 1. The number of H-pyrrole nitrogens is 2. The molecule has 108 valence electrons. The lowest BCUT2D eigenvalue weighted by molar-refractivity contribution is 0.457. The molecule has 0 radical (unpaired) electrons. The predicted molar refractivity (Wildman–Crippen MR) is 84.6 cm³/mol. The summed E-state index contributed by atoms with van der Waals surface area (Å²) in [4.78, 5) is 16.9. The maximum atomic E-state index is 11.4. The Bertz CT molecular complexity index is 727. The van der Waals surface area contributed by atoms with Gasteiger partial charge in [-0.15, -0.1) is 0 Å². The fourth-order valence-electron chi connectivity index (χ4n) is 3.65. The van der Waals surface area contributed by atoms with Crippen LogP contribution in [0.1, 0.15) is 39.3 Å². The second-order valence-corrected chi connectivity index (χ2v) is 7.80. The van der Waals surface area contributed by atoms with Crippen LogP contribution < -0.4 is 11.4 Å². The summed E-state index contributed by atoms with van der Waals surface area (Å²) in [5.74, 6) is 0.425. The Morgan fingerprint density at radius 2 is 1.65 bits per heavy atom. The molecule has 1 aliphatic carbocycles. The van der Waals surface area contributed by atoms with Crippen molar-refractivity contribution in [3.8, 4) is 0 Å². The monoisotopic (exact) mass is 337 g/mol. The van der Waals surface area contributed by atoms with Gasteiger partial charge in [0, 0.05) is 10.5 Å². The molecule has 20 heavy (non-hydrogen) atoms. The molecule has 1 aliphatic rings. The second-order valence-electron chi connectivity index (χ2n) is 6.95. The van der Waals surface area contributed by atoms with Crippen LogP contribution in [0.15, 0.2) is 21.4 Å². The molecule has 1 aromatic carbocycles. The molecule has 1 unspecified atom stereocenters. The first-order chi connectivity index (χ1) is 9.16. The van der Waals surface area contributed by atoms with E-state index in [-0.39, 0.29) is 22.6 Å². The molecule has 1 aromatic heterocycles. The summed E-state index contributed by atoms with van der Waals surface area (Å²) in [6.07, 6.45) is 0. The van der Waals surface area contributed by atoms with Gasteiger partial charge >= 0.3 is 5.69 Å². The zero-order valence-electron chi connectivity index (χ0n) is 12.2. The van der Waals surface area contributed by atoms with Crippen molar-refractivity contribution in [3.63, 3.8) is 0 Å². The number of hydrogen-bond donors (Lipinski definition) is 3. The molecule has 0 spiro atoms. The minimum Gasteiger partial charge on any atom is -0.324 e. The number of benzene rings is 1. The van der Waals surface area contributed by atoms with Gasteiger partial charge < -0.3 is 15.7 Å². The number of rotatable bonds is 2. The normalized spacial score (nSPS) is 22.1. The van der Waals surface area contributed by atoms with E-state index in [1.807, 2.05) is 12.1 Å². The average Bonchev–Trinajstić information content (AvgIpc) is 2.60. The summed E-state index contributed by atoms with van der Waals surface area (Å²) in [5.41, 5.74) is 9.44. The number of fused-ring (bicyclic) bond motifs is 1. The summed E-state index contributed by atoms with van der Waals surface area (Å²) in [6.45, 7) is 9.06. The summed E-state index contributed by atoms with van der Waals surface area (Å²) in [7, 11) is 0. The molecule has 5 heteroatoms. The molecule has 1 fully saturated rings. The highest BCUT2D eigenvalue weighted by molar-refractivity contribution is 9.10. The van der Waals surface area contributed by atoms with Gasteiger partial charge in [-0.05, 0) is 34.4 Å². The molecule has 3 rings (SSSR count). The standard InChI is InChI=1S/C15H20BrN3O/c1-14(2)12(15(14,3)4)11(17)7-5-9-10(6-8(7)16)19-13(20)18-9/h5-6,11-12H,17H2,1-4H3,(H2,18,19,20). The highest BCUT2D eigenvalue weighted by atomic mass is 79.9. The largest absolute Gasteiger partial charge is 0.324 e. The minimum absolute atomic E-state index is 0.0443. The van der Waals surface area contributed by atoms with Crippen molar-refractivity contribution in [3.05, 3.63) is 32.7 Å². The molecule has 4 N–H and O–H groups in total. The highest BCUT2D eigenvalue weighted by Gasteiger charge is 2.66. The van der Waals surface area contributed by atoms with Crippen LogP contribution in [0.2, 0.25) is 0 Å². The van der Waals surface area contributed by atoms with Crippen molar-refractivity contribution >= 4 is 27.0 Å². The van der Waals surface area contributed by atoms with Crippen LogP contribution in [-0.2, 0) is 0 Å². The smallest absolute Gasteiger partial charge is 0.323 e. The van der Waals surface area contributed by atoms with Crippen molar-refractivity contribution in [1.82, 2.24) is 9.97 Å². The molecule has 2 aromatic rings. The molecule has 0 amide bonds. The fraction of sp³-hybridized carbons (Fsp3) is 0.533. The van der Waals surface area contributed by atoms with E-state index in [2.05, 4.69) is 53.6 Å². The zero-order chi connectivity index (χ0) is 14.9. The summed E-state index contributed by atoms with van der Waals surface area (Å²) in [6, 6.07) is 3.86. The Hall–Kier alpha value is -1.07. The van der Waals surface area contributed by atoms with Gasteiger partial charge in [0.2, 0.25) is 0 Å². The molecule has 1 atom stereocenters. The molecule has 0 bridgehead atoms. The van der Waals surface area contributed by atoms with Crippen LogP contribution >= 0.6 is 15.9 Å². The molecule has 1 saturated carbocycles. The predicted octanol–water partition coefficient (Wildman–Crippen LogP) is 3.30. The lowest BCUT2D eigenvalue weighted by atomic mass is 9.97. The Labute approximate surface area is 126 Å². The number of imidazole rings is 1. The van der Waals surface area contributed by atoms with E-state index >= 15 is 0 Å². The van der Waals surface area contributed by atoms with E-state index in [0.717, 1.165) is 21.1 Å². The first-order valence-corrected chi connectivity index (χ1v) is 7.62. The van der Waals surface area contributed by atoms with Gasteiger partial charge in [0.1, 0.15) is 0 Å². The van der Waals surface area contributed by atoms with Gasteiger partial charge in [0.15, 0.2) is 0 Å². The first kappa shape index (κ1) is 13.9. The van der Waals surface area contributed by atoms with E-state index in [4.69, 9.17) is 5.73 Å². The molecular weight excluding hydrogens is 318 g/mol. The third-order valence-corrected chi connectivity index (χ3v) is 6.17. The quantitative estimate of drug-likeness (QED) is 0.786. The molecule has 1 heterocycles. The van der Waals surface area contributed by atoms with Crippen molar-refractivity contribution < 1.29 is 0 Å². The SMILES string of the molecule is CC1(C)C(C(N)c2cc3[nH]c(=O)[nH]c3cc2Br)C1(C)C. The van der Waals surface area contributed by atoms with Gasteiger partial charge in [-0.2, -0.15) is 0 Å². The summed E-state index contributed by atoms with van der Waals surface area (Å²) >= 11 is 3.58. The number of nitrogens with one attached hydrogen (secondary N) is 2. The first-order valence-electron chi connectivity index (χ1n) is 6.83. The fourth-order valence-corrected chi connectivity index (χ4v) is 4.26. The van der Waals surface area contributed by atoms with E-state index in [0.29, 0.717) is 5.92 Å². The molecule has 0 aliphatic heterocycles. The number of halogens is 1. The van der Waals surface area contributed by atoms with Crippen LogP contribution in [0.25, 0.3) is 11.0 Å². The maximum absolute atomic E-state index is 11.4. The third kappa shape index (κ3) is 1.72. The molecule has 0 saturated heterocycles. The van der Waals surface area contributed by atoms with Crippen LogP contribution in [0.5, 0.6) is 0 Å². The van der Waals surface area contributed by atoms with Crippen molar-refractivity contribution in [2.75, 3.05) is 0 Å². The Morgan fingerprint density at radius 3 is 2.15 bits per heavy atom. The second kappa shape index (κ2) is 3.98. The summed E-state index contributed by atoms with van der Waals surface area (Å²) in [5, 5.41) is 0. The van der Waals surface area contributed by atoms with E-state index in [1.165, 1.54) is 0 Å². The van der Waals surface area contributed by atoms with Crippen molar-refractivity contribution in [1.29, 1.82) is 0 Å². The van der Waals surface area contributed by atoms with Crippen LogP contribution in [0, 0.1) is 16.7 Å². The Kier molecular flexibility index (Phi) is 2.77. The Morgan fingerprint density at radius 1 is 1.15 bits per heavy atom. The number of aromatic amines is 2. The van der Waals surface area contributed by atoms with Crippen LogP contribution in [0.3, 0.4) is 0 Å². The van der Waals surface area contributed by atoms with E-state index in [9.17, 15) is 4.79 Å². The molecular formula is C15H20BrN3O. The molecule has 4 nitrogen and oxygen atoms in total. The Balaban J connectivity index is 2.06. The lowest BCUT2D eigenvalue weighted by Crippen LogP contribution is -2.17.